The van der Waals surface area contributed by atoms with Gasteiger partial charge in [-0.3, -0.25) is 0 Å². The molecule has 0 aliphatic heterocycles. The van der Waals surface area contributed by atoms with Gasteiger partial charge in [-0.15, -0.1) is 0 Å². The van der Waals surface area contributed by atoms with Crippen LogP contribution in [0.2, 0.25) is 0 Å². The van der Waals surface area contributed by atoms with Crippen LogP contribution < -0.4 is 11.5 Å². The Labute approximate surface area is 69.3 Å². The highest BCUT2D eigenvalue weighted by Crippen LogP contribution is 2.31. The summed E-state index contributed by atoms with van der Waals surface area (Å²) in [5.74, 6) is 0.571. The molecule has 1 unspecified atom stereocenters. The number of nitrogens with two attached hydrogens (primary N) is 2. The first-order valence-corrected chi connectivity index (χ1v) is 4.74. The molecule has 2 heteroatoms. The Morgan fingerprint density at radius 1 is 1.36 bits per heavy atom. The Balaban J connectivity index is 2.45. The number of rotatable bonds is 2. The lowest BCUT2D eigenvalue weighted by molar-refractivity contribution is 0.183. The highest BCUT2D eigenvalue weighted by atomic mass is 15.0. The molecule has 0 aromatic rings. The van der Waals surface area contributed by atoms with Crippen LogP contribution in [0.5, 0.6) is 0 Å². The van der Waals surface area contributed by atoms with Crippen LogP contribution in [-0.4, -0.2) is 5.66 Å². The third-order valence-electron chi connectivity index (χ3n) is 2.81. The smallest absolute Gasteiger partial charge is 0.0665 e. The van der Waals surface area contributed by atoms with Crippen LogP contribution in [0.15, 0.2) is 0 Å². The van der Waals surface area contributed by atoms with Crippen molar-refractivity contribution in [2.75, 3.05) is 0 Å². The Hall–Kier alpha value is -0.0800. The first kappa shape index (κ1) is 9.01. The summed E-state index contributed by atoms with van der Waals surface area (Å²) >= 11 is 0. The maximum atomic E-state index is 5.99. The molecule has 0 radical (unpaired) electrons. The van der Waals surface area contributed by atoms with Crippen molar-refractivity contribution in [3.63, 3.8) is 0 Å². The van der Waals surface area contributed by atoms with Gasteiger partial charge in [-0.2, -0.15) is 0 Å². The molecular formula is C9H20N2. The van der Waals surface area contributed by atoms with Gasteiger partial charge in [-0.05, 0) is 25.2 Å². The number of hydrogen-bond donors (Lipinski definition) is 2. The average molecular weight is 156 g/mol. The van der Waals surface area contributed by atoms with E-state index in [0.717, 1.165) is 6.42 Å². The Morgan fingerprint density at radius 2 is 2.09 bits per heavy atom. The van der Waals surface area contributed by atoms with Gasteiger partial charge in [0.25, 0.3) is 0 Å². The van der Waals surface area contributed by atoms with Gasteiger partial charge in [-0.25, -0.2) is 0 Å². The Morgan fingerprint density at radius 3 is 2.64 bits per heavy atom. The van der Waals surface area contributed by atoms with Crippen molar-refractivity contribution < 1.29 is 0 Å². The van der Waals surface area contributed by atoms with E-state index in [1.807, 2.05) is 0 Å². The van der Waals surface area contributed by atoms with Crippen LogP contribution in [0.25, 0.3) is 0 Å². The Kier molecular flexibility index (Phi) is 2.90. The van der Waals surface area contributed by atoms with Crippen LogP contribution in [0.3, 0.4) is 0 Å². The second kappa shape index (κ2) is 3.55. The molecule has 0 spiro atoms. The van der Waals surface area contributed by atoms with Gasteiger partial charge < -0.3 is 11.5 Å². The van der Waals surface area contributed by atoms with E-state index in [1.165, 1.54) is 32.1 Å². The van der Waals surface area contributed by atoms with E-state index in [2.05, 4.69) is 6.92 Å². The van der Waals surface area contributed by atoms with Gasteiger partial charge in [0, 0.05) is 0 Å². The largest absolute Gasteiger partial charge is 0.313 e. The maximum Gasteiger partial charge on any atom is 0.0665 e. The predicted molar refractivity (Wildman–Crippen MR) is 48.0 cm³/mol. The van der Waals surface area contributed by atoms with Crippen molar-refractivity contribution in [2.45, 2.75) is 51.1 Å². The zero-order valence-corrected chi connectivity index (χ0v) is 7.47. The molecule has 2 nitrogen and oxygen atoms in total. The summed E-state index contributed by atoms with van der Waals surface area (Å²) in [6, 6.07) is 0. The minimum absolute atomic E-state index is 0.353. The quantitative estimate of drug-likeness (QED) is 0.596. The monoisotopic (exact) mass is 156 g/mol. The van der Waals surface area contributed by atoms with E-state index >= 15 is 0 Å². The van der Waals surface area contributed by atoms with E-state index in [4.69, 9.17) is 11.5 Å². The molecule has 1 atom stereocenters. The lowest BCUT2D eigenvalue weighted by Crippen LogP contribution is -2.56. The molecule has 1 aliphatic rings. The second-order valence-electron chi connectivity index (χ2n) is 3.84. The van der Waals surface area contributed by atoms with Crippen molar-refractivity contribution in [2.24, 2.45) is 17.4 Å². The lowest BCUT2D eigenvalue weighted by Gasteiger charge is -2.38. The van der Waals surface area contributed by atoms with E-state index < -0.39 is 0 Å². The van der Waals surface area contributed by atoms with E-state index in [0.29, 0.717) is 5.92 Å². The van der Waals surface area contributed by atoms with Gasteiger partial charge in [-0.1, -0.05) is 26.2 Å². The van der Waals surface area contributed by atoms with Gasteiger partial charge in [0.1, 0.15) is 0 Å². The van der Waals surface area contributed by atoms with Crippen LogP contribution in [0, 0.1) is 5.92 Å². The minimum atomic E-state index is -0.353. The number of hydrogen-bond acceptors (Lipinski definition) is 2. The van der Waals surface area contributed by atoms with Crippen molar-refractivity contribution >= 4 is 0 Å². The molecule has 0 aromatic heterocycles. The molecule has 11 heavy (non-hydrogen) atoms. The second-order valence-corrected chi connectivity index (χ2v) is 3.84. The molecule has 1 rings (SSSR count). The van der Waals surface area contributed by atoms with Crippen LogP contribution in [-0.2, 0) is 0 Å². The highest BCUT2D eigenvalue weighted by molar-refractivity contribution is 4.88. The molecule has 1 saturated carbocycles. The molecular weight excluding hydrogens is 136 g/mol. The van der Waals surface area contributed by atoms with E-state index in [-0.39, 0.29) is 5.66 Å². The van der Waals surface area contributed by atoms with Crippen LogP contribution in [0.4, 0.5) is 0 Å². The highest BCUT2D eigenvalue weighted by Gasteiger charge is 2.32. The fourth-order valence-corrected chi connectivity index (χ4v) is 2.06. The van der Waals surface area contributed by atoms with Crippen molar-refractivity contribution in [3.8, 4) is 0 Å². The first-order valence-electron chi connectivity index (χ1n) is 4.74. The molecule has 66 valence electrons. The topological polar surface area (TPSA) is 52.0 Å². The fraction of sp³-hybridized carbons (Fsp3) is 1.00. The zero-order valence-electron chi connectivity index (χ0n) is 7.47. The molecule has 1 fully saturated rings. The van der Waals surface area contributed by atoms with Crippen molar-refractivity contribution in [1.29, 1.82) is 0 Å². The van der Waals surface area contributed by atoms with Crippen molar-refractivity contribution in [3.05, 3.63) is 0 Å². The third-order valence-corrected chi connectivity index (χ3v) is 2.81. The third kappa shape index (κ3) is 2.17. The van der Waals surface area contributed by atoms with E-state index in [1.54, 1.807) is 0 Å². The summed E-state index contributed by atoms with van der Waals surface area (Å²) in [6.07, 6.45) is 7.19. The summed E-state index contributed by atoms with van der Waals surface area (Å²) in [5.41, 5.74) is 11.6. The zero-order chi connectivity index (χ0) is 8.32. The maximum absolute atomic E-state index is 5.99. The summed E-state index contributed by atoms with van der Waals surface area (Å²) in [6.45, 7) is 2.20. The van der Waals surface area contributed by atoms with Crippen LogP contribution >= 0.6 is 0 Å². The summed E-state index contributed by atoms with van der Waals surface area (Å²) in [4.78, 5) is 0. The van der Waals surface area contributed by atoms with Gasteiger partial charge in [0.2, 0.25) is 0 Å². The molecule has 0 saturated heterocycles. The fourth-order valence-electron chi connectivity index (χ4n) is 2.06. The molecule has 0 heterocycles. The summed E-state index contributed by atoms with van der Waals surface area (Å²) in [7, 11) is 0. The van der Waals surface area contributed by atoms with Gasteiger partial charge >= 0.3 is 0 Å². The lowest BCUT2D eigenvalue weighted by atomic mass is 9.78. The van der Waals surface area contributed by atoms with Crippen molar-refractivity contribution in [1.82, 2.24) is 0 Å². The predicted octanol–water partition coefficient (Wildman–Crippen LogP) is 1.59. The van der Waals surface area contributed by atoms with Gasteiger partial charge in [0.05, 0.1) is 5.66 Å². The molecule has 0 aromatic carbocycles. The SMILES string of the molecule is CCCC1CCCCC1(N)N. The molecule has 1 aliphatic carbocycles. The summed E-state index contributed by atoms with van der Waals surface area (Å²) in [5, 5.41) is 0. The van der Waals surface area contributed by atoms with Crippen LogP contribution in [0.1, 0.15) is 45.4 Å². The normalized spacial score (nSPS) is 30.3. The van der Waals surface area contributed by atoms with E-state index in [9.17, 15) is 0 Å². The molecule has 0 amide bonds. The van der Waals surface area contributed by atoms with Gasteiger partial charge in [0.15, 0.2) is 0 Å². The molecule has 4 N–H and O–H groups in total. The average Bonchev–Trinajstić information content (AvgIpc) is 1.94. The molecule has 0 bridgehead atoms. The standard InChI is InChI=1S/C9H20N2/c1-2-5-8-6-3-4-7-9(8,10)11/h8H,2-7,10-11H2,1H3. The minimum Gasteiger partial charge on any atom is -0.313 e. The first-order chi connectivity index (χ1) is 5.17. The summed E-state index contributed by atoms with van der Waals surface area (Å²) < 4.78 is 0. The Bertz CT molecular complexity index is 119.